The Labute approximate surface area is 166 Å². The number of hydrogen-bond donors (Lipinski definition) is 1. The largest absolute Gasteiger partial charge is 0.490 e. The second-order valence-corrected chi connectivity index (χ2v) is 6.14. The molecule has 0 spiro atoms. The fourth-order valence-corrected chi connectivity index (χ4v) is 2.51. The van der Waals surface area contributed by atoms with Crippen molar-refractivity contribution in [2.24, 2.45) is 0 Å². The van der Waals surface area contributed by atoms with Crippen molar-refractivity contribution < 1.29 is 14.3 Å². The van der Waals surface area contributed by atoms with Crippen LogP contribution in [-0.4, -0.2) is 33.2 Å². The van der Waals surface area contributed by atoms with E-state index >= 15 is 0 Å². The maximum absolute atomic E-state index is 12.5. The lowest BCUT2D eigenvalue weighted by atomic mass is 10.1. The van der Waals surface area contributed by atoms with Crippen LogP contribution in [0.4, 0.5) is 11.4 Å². The molecule has 6 nitrogen and oxygen atoms in total. The molecule has 1 N–H and O–H groups in total. The van der Waals surface area contributed by atoms with Crippen molar-refractivity contribution in [2.75, 3.05) is 37.5 Å². The van der Waals surface area contributed by atoms with Gasteiger partial charge in [0.2, 0.25) is 0 Å². The number of nitrogens with one attached hydrogen (secondary N) is 1. The van der Waals surface area contributed by atoms with Crippen molar-refractivity contribution >= 4 is 23.4 Å². The zero-order valence-corrected chi connectivity index (χ0v) is 16.7. The number of ether oxygens (including phenoxy) is 2. The Hall–Kier alpha value is -3.46. The quantitative estimate of drug-likeness (QED) is 0.552. The van der Waals surface area contributed by atoms with Gasteiger partial charge in [0.25, 0.3) is 5.91 Å². The number of amides is 1. The third-order valence-corrected chi connectivity index (χ3v) is 3.89. The number of benzene rings is 2. The average Bonchev–Trinajstić information content (AvgIpc) is 2.68. The van der Waals surface area contributed by atoms with E-state index in [0.29, 0.717) is 36.0 Å². The minimum absolute atomic E-state index is 0.00305. The van der Waals surface area contributed by atoms with Gasteiger partial charge in [-0.05, 0) is 61.9 Å². The highest BCUT2D eigenvalue weighted by atomic mass is 16.5. The maximum Gasteiger partial charge on any atom is 0.266 e. The normalized spacial score (nSPS) is 10.8. The number of anilines is 2. The molecule has 2 aromatic carbocycles. The molecule has 0 radical (unpaired) electrons. The zero-order valence-electron chi connectivity index (χ0n) is 16.7. The van der Waals surface area contributed by atoms with Crippen LogP contribution in [0.1, 0.15) is 19.4 Å². The number of carbonyl (C=O) groups excluding carboxylic acids is 1. The van der Waals surface area contributed by atoms with Gasteiger partial charge in [-0.1, -0.05) is 6.07 Å². The van der Waals surface area contributed by atoms with Gasteiger partial charge >= 0.3 is 0 Å². The summed E-state index contributed by atoms with van der Waals surface area (Å²) in [6.07, 6.45) is 1.53. The van der Waals surface area contributed by atoms with Crippen molar-refractivity contribution in [2.45, 2.75) is 13.8 Å². The van der Waals surface area contributed by atoms with Crippen LogP contribution >= 0.6 is 0 Å². The van der Waals surface area contributed by atoms with Gasteiger partial charge in [-0.25, -0.2) is 0 Å². The molecule has 0 heterocycles. The molecule has 0 bridgehead atoms. The Morgan fingerprint density at radius 1 is 1.07 bits per heavy atom. The van der Waals surface area contributed by atoms with Gasteiger partial charge < -0.3 is 19.7 Å². The minimum atomic E-state index is -0.466. The fraction of sp³-hybridized carbons (Fsp3) is 0.273. The van der Waals surface area contributed by atoms with E-state index in [1.54, 1.807) is 30.3 Å². The molecular weight excluding hydrogens is 354 g/mol. The molecule has 0 saturated heterocycles. The van der Waals surface area contributed by atoms with E-state index in [4.69, 9.17) is 9.47 Å². The molecule has 0 aromatic heterocycles. The summed E-state index contributed by atoms with van der Waals surface area (Å²) in [5.74, 6) is 0.743. The van der Waals surface area contributed by atoms with Crippen molar-refractivity contribution in [3.8, 4) is 17.6 Å². The summed E-state index contributed by atoms with van der Waals surface area (Å²) in [5.41, 5.74) is 2.33. The van der Waals surface area contributed by atoms with Crippen LogP contribution < -0.4 is 19.7 Å². The first-order valence-electron chi connectivity index (χ1n) is 9.08. The van der Waals surface area contributed by atoms with Crippen LogP contribution in [0.2, 0.25) is 0 Å². The molecule has 2 aromatic rings. The Morgan fingerprint density at radius 3 is 2.29 bits per heavy atom. The van der Waals surface area contributed by atoms with Crippen molar-refractivity contribution in [1.82, 2.24) is 0 Å². The number of nitrogens with zero attached hydrogens (tertiary/aromatic N) is 2. The second-order valence-electron chi connectivity index (χ2n) is 6.14. The van der Waals surface area contributed by atoms with E-state index in [1.165, 1.54) is 6.08 Å². The first kappa shape index (κ1) is 20.8. The van der Waals surface area contributed by atoms with Gasteiger partial charge in [0.1, 0.15) is 11.6 Å². The van der Waals surface area contributed by atoms with Gasteiger partial charge in [0.05, 0.1) is 13.2 Å². The lowest BCUT2D eigenvalue weighted by molar-refractivity contribution is -0.112. The molecule has 146 valence electrons. The van der Waals surface area contributed by atoms with Crippen LogP contribution in [0.5, 0.6) is 11.5 Å². The Kier molecular flexibility index (Phi) is 7.46. The summed E-state index contributed by atoms with van der Waals surface area (Å²) in [6, 6.07) is 14.7. The van der Waals surface area contributed by atoms with E-state index in [0.717, 1.165) is 5.69 Å². The zero-order chi connectivity index (χ0) is 20.5. The Balaban J connectivity index is 2.21. The highest BCUT2D eigenvalue weighted by molar-refractivity contribution is 6.09. The van der Waals surface area contributed by atoms with Crippen LogP contribution in [-0.2, 0) is 4.79 Å². The Morgan fingerprint density at radius 2 is 1.71 bits per heavy atom. The molecule has 0 aliphatic rings. The highest BCUT2D eigenvalue weighted by Gasteiger charge is 2.11. The Bertz CT molecular complexity index is 881. The molecule has 0 aliphatic heterocycles. The first-order valence-corrected chi connectivity index (χ1v) is 9.08. The van der Waals surface area contributed by atoms with Crippen molar-refractivity contribution in [3.63, 3.8) is 0 Å². The summed E-state index contributed by atoms with van der Waals surface area (Å²) >= 11 is 0. The summed E-state index contributed by atoms with van der Waals surface area (Å²) in [7, 11) is 3.88. The van der Waals surface area contributed by atoms with E-state index in [-0.39, 0.29) is 5.57 Å². The lowest BCUT2D eigenvalue weighted by Gasteiger charge is -2.13. The first-order chi connectivity index (χ1) is 13.5. The number of carbonyl (C=O) groups is 1. The van der Waals surface area contributed by atoms with Crippen molar-refractivity contribution in [1.29, 1.82) is 5.26 Å². The van der Waals surface area contributed by atoms with E-state index in [1.807, 2.05) is 51.0 Å². The smallest absolute Gasteiger partial charge is 0.266 e. The molecule has 0 unspecified atom stereocenters. The molecule has 1 amide bonds. The average molecular weight is 379 g/mol. The molecule has 0 aliphatic carbocycles. The van der Waals surface area contributed by atoms with E-state index < -0.39 is 5.91 Å². The fourth-order valence-electron chi connectivity index (χ4n) is 2.51. The number of hydrogen-bond acceptors (Lipinski definition) is 5. The highest BCUT2D eigenvalue weighted by Crippen LogP contribution is 2.29. The lowest BCUT2D eigenvalue weighted by Crippen LogP contribution is -2.14. The van der Waals surface area contributed by atoms with Crippen LogP contribution in [0, 0.1) is 11.3 Å². The van der Waals surface area contributed by atoms with Gasteiger partial charge in [-0.2, -0.15) is 5.26 Å². The van der Waals surface area contributed by atoms with E-state index in [2.05, 4.69) is 5.32 Å². The van der Waals surface area contributed by atoms with Gasteiger partial charge in [0, 0.05) is 25.5 Å². The summed E-state index contributed by atoms with van der Waals surface area (Å²) in [6.45, 7) is 4.79. The van der Waals surface area contributed by atoms with Crippen LogP contribution in [0.25, 0.3) is 6.08 Å². The monoisotopic (exact) mass is 379 g/mol. The third-order valence-electron chi connectivity index (χ3n) is 3.89. The maximum atomic E-state index is 12.5. The summed E-state index contributed by atoms with van der Waals surface area (Å²) in [5, 5.41) is 12.2. The molecule has 0 atom stereocenters. The second kappa shape index (κ2) is 10.0. The van der Waals surface area contributed by atoms with E-state index in [9.17, 15) is 10.1 Å². The molecule has 0 fully saturated rings. The molecular formula is C22H25N3O3. The van der Waals surface area contributed by atoms with Crippen molar-refractivity contribution in [3.05, 3.63) is 53.6 Å². The topological polar surface area (TPSA) is 74.6 Å². The van der Waals surface area contributed by atoms with Gasteiger partial charge in [-0.3, -0.25) is 4.79 Å². The third kappa shape index (κ3) is 5.52. The molecule has 28 heavy (non-hydrogen) atoms. The molecule has 0 saturated carbocycles. The molecule has 2 rings (SSSR count). The SMILES string of the molecule is CCOc1ccc(/C=C(/C#N)C(=O)Nc2ccc(N(C)C)cc2)cc1OCC. The summed E-state index contributed by atoms with van der Waals surface area (Å²) < 4.78 is 11.1. The number of rotatable bonds is 8. The predicted octanol–water partition coefficient (Wildman–Crippen LogP) is 4.10. The minimum Gasteiger partial charge on any atom is -0.490 e. The summed E-state index contributed by atoms with van der Waals surface area (Å²) in [4.78, 5) is 14.4. The van der Waals surface area contributed by atoms with Crippen LogP contribution in [0.3, 0.4) is 0 Å². The van der Waals surface area contributed by atoms with Gasteiger partial charge in [0.15, 0.2) is 11.5 Å². The van der Waals surface area contributed by atoms with Gasteiger partial charge in [-0.15, -0.1) is 0 Å². The number of nitriles is 1. The predicted molar refractivity (Wildman–Crippen MR) is 112 cm³/mol. The standard InChI is InChI=1S/C22H25N3O3/c1-5-27-20-12-7-16(14-21(20)28-6-2)13-17(15-23)22(26)24-18-8-10-19(11-9-18)25(3)4/h7-14H,5-6H2,1-4H3,(H,24,26)/b17-13-. The molecule has 6 heteroatoms. The van der Waals surface area contributed by atoms with Crippen LogP contribution in [0.15, 0.2) is 48.0 Å².